The molecule has 1 amide bonds. The molecule has 0 saturated heterocycles. The third kappa shape index (κ3) is 2.96. The predicted octanol–water partition coefficient (Wildman–Crippen LogP) is 2.56. The molecule has 3 N–H and O–H groups in total. The number of halogens is 1. The summed E-state index contributed by atoms with van der Waals surface area (Å²) in [6.07, 6.45) is 0.908. The monoisotopic (exact) mass is 270 g/mol. The molecule has 0 aromatic heterocycles. The second-order valence-corrected chi connectivity index (χ2v) is 4.28. The van der Waals surface area contributed by atoms with Crippen LogP contribution in [0.2, 0.25) is 0 Å². The SMILES string of the molecule is CCC(C)NC(=O)c1cccc(N)c1Br. The number of hydrogen-bond donors (Lipinski definition) is 2. The van der Waals surface area contributed by atoms with Gasteiger partial charge in [0.2, 0.25) is 0 Å². The van der Waals surface area contributed by atoms with Crippen LogP contribution in [-0.4, -0.2) is 11.9 Å². The van der Waals surface area contributed by atoms with E-state index >= 15 is 0 Å². The van der Waals surface area contributed by atoms with Gasteiger partial charge < -0.3 is 11.1 Å². The van der Waals surface area contributed by atoms with Gasteiger partial charge >= 0.3 is 0 Å². The average Bonchev–Trinajstić information content (AvgIpc) is 2.21. The van der Waals surface area contributed by atoms with Gasteiger partial charge in [0.1, 0.15) is 0 Å². The van der Waals surface area contributed by atoms with Crippen LogP contribution in [0.4, 0.5) is 5.69 Å². The van der Waals surface area contributed by atoms with Crippen LogP contribution in [0, 0.1) is 0 Å². The van der Waals surface area contributed by atoms with Crippen LogP contribution in [0.3, 0.4) is 0 Å². The normalized spacial score (nSPS) is 12.2. The number of carbonyl (C=O) groups excluding carboxylic acids is 1. The number of amides is 1. The zero-order valence-electron chi connectivity index (χ0n) is 8.88. The predicted molar refractivity (Wildman–Crippen MR) is 65.8 cm³/mol. The Morgan fingerprint density at radius 2 is 2.27 bits per heavy atom. The van der Waals surface area contributed by atoms with Gasteiger partial charge in [0.05, 0.1) is 10.0 Å². The van der Waals surface area contributed by atoms with Crippen molar-refractivity contribution in [1.82, 2.24) is 5.32 Å². The number of anilines is 1. The Morgan fingerprint density at radius 1 is 1.60 bits per heavy atom. The molecule has 0 radical (unpaired) electrons. The Bertz CT molecular complexity index is 366. The summed E-state index contributed by atoms with van der Waals surface area (Å²) in [6.45, 7) is 4.00. The third-order valence-electron chi connectivity index (χ3n) is 2.26. The van der Waals surface area contributed by atoms with Crippen molar-refractivity contribution >= 4 is 27.5 Å². The molecule has 0 aliphatic heterocycles. The van der Waals surface area contributed by atoms with E-state index in [9.17, 15) is 4.79 Å². The summed E-state index contributed by atoms with van der Waals surface area (Å²) in [5, 5.41) is 2.89. The van der Waals surface area contributed by atoms with E-state index in [2.05, 4.69) is 21.2 Å². The van der Waals surface area contributed by atoms with Gasteiger partial charge in [0.25, 0.3) is 5.91 Å². The molecule has 0 saturated carbocycles. The second-order valence-electron chi connectivity index (χ2n) is 3.49. The summed E-state index contributed by atoms with van der Waals surface area (Å²) in [5.41, 5.74) is 6.85. The van der Waals surface area contributed by atoms with E-state index in [1.165, 1.54) is 0 Å². The number of rotatable bonds is 3. The van der Waals surface area contributed by atoms with Gasteiger partial charge in [-0.2, -0.15) is 0 Å². The third-order valence-corrected chi connectivity index (χ3v) is 3.15. The van der Waals surface area contributed by atoms with Gasteiger partial charge in [-0.05, 0) is 41.4 Å². The topological polar surface area (TPSA) is 55.1 Å². The van der Waals surface area contributed by atoms with Gasteiger partial charge in [0.15, 0.2) is 0 Å². The maximum Gasteiger partial charge on any atom is 0.252 e. The highest BCUT2D eigenvalue weighted by Crippen LogP contribution is 2.23. The van der Waals surface area contributed by atoms with E-state index in [0.29, 0.717) is 15.7 Å². The zero-order valence-corrected chi connectivity index (χ0v) is 10.5. The molecule has 1 atom stereocenters. The van der Waals surface area contributed by atoms with Crippen LogP contribution in [0.5, 0.6) is 0 Å². The Hall–Kier alpha value is -1.03. The Labute approximate surface area is 98.2 Å². The van der Waals surface area contributed by atoms with E-state index in [4.69, 9.17) is 5.73 Å². The lowest BCUT2D eigenvalue weighted by atomic mass is 10.1. The van der Waals surface area contributed by atoms with Crippen molar-refractivity contribution in [3.63, 3.8) is 0 Å². The first-order valence-electron chi connectivity index (χ1n) is 4.91. The van der Waals surface area contributed by atoms with Crippen molar-refractivity contribution in [3.8, 4) is 0 Å². The summed E-state index contributed by atoms with van der Waals surface area (Å²) < 4.78 is 0.658. The maximum absolute atomic E-state index is 11.8. The number of nitrogens with two attached hydrogens (primary N) is 1. The number of nitrogen functional groups attached to an aromatic ring is 1. The fourth-order valence-corrected chi connectivity index (χ4v) is 1.57. The number of hydrogen-bond acceptors (Lipinski definition) is 2. The number of carbonyl (C=O) groups is 1. The van der Waals surface area contributed by atoms with Gasteiger partial charge in [-0.1, -0.05) is 13.0 Å². The summed E-state index contributed by atoms with van der Waals surface area (Å²) in [7, 11) is 0. The van der Waals surface area contributed by atoms with Gasteiger partial charge in [-0.3, -0.25) is 4.79 Å². The van der Waals surface area contributed by atoms with Gasteiger partial charge in [-0.25, -0.2) is 0 Å². The van der Waals surface area contributed by atoms with E-state index in [1.54, 1.807) is 18.2 Å². The minimum absolute atomic E-state index is 0.0940. The lowest BCUT2D eigenvalue weighted by molar-refractivity contribution is 0.0938. The Morgan fingerprint density at radius 3 is 2.87 bits per heavy atom. The molecule has 4 heteroatoms. The first kappa shape index (κ1) is 12.0. The average molecular weight is 271 g/mol. The molecule has 0 bridgehead atoms. The first-order chi connectivity index (χ1) is 7.06. The number of nitrogens with one attached hydrogen (secondary N) is 1. The van der Waals surface area contributed by atoms with Crippen LogP contribution < -0.4 is 11.1 Å². The van der Waals surface area contributed by atoms with Crippen molar-refractivity contribution in [2.45, 2.75) is 26.3 Å². The van der Waals surface area contributed by atoms with Crippen LogP contribution >= 0.6 is 15.9 Å². The Balaban J connectivity index is 2.87. The maximum atomic E-state index is 11.8. The molecule has 3 nitrogen and oxygen atoms in total. The quantitative estimate of drug-likeness (QED) is 0.830. The van der Waals surface area contributed by atoms with Crippen molar-refractivity contribution in [2.24, 2.45) is 0 Å². The molecule has 0 fully saturated rings. The highest BCUT2D eigenvalue weighted by atomic mass is 79.9. The standard InChI is InChI=1S/C11H15BrN2O/c1-3-7(2)14-11(15)8-5-4-6-9(13)10(8)12/h4-7H,3,13H2,1-2H3,(H,14,15). The fraction of sp³-hybridized carbons (Fsp3) is 0.364. The summed E-state index contributed by atoms with van der Waals surface area (Å²) in [5.74, 6) is -0.0940. The summed E-state index contributed by atoms with van der Waals surface area (Å²) in [4.78, 5) is 11.8. The van der Waals surface area contributed by atoms with Crippen LogP contribution in [-0.2, 0) is 0 Å². The molecular weight excluding hydrogens is 256 g/mol. The van der Waals surface area contributed by atoms with Crippen molar-refractivity contribution in [3.05, 3.63) is 28.2 Å². The molecule has 0 heterocycles. The minimum Gasteiger partial charge on any atom is -0.398 e. The molecule has 0 spiro atoms. The molecular formula is C11H15BrN2O. The van der Waals surface area contributed by atoms with Crippen LogP contribution in [0.1, 0.15) is 30.6 Å². The molecule has 1 rings (SSSR count). The second kappa shape index (κ2) is 5.16. The highest BCUT2D eigenvalue weighted by Gasteiger charge is 2.12. The lowest BCUT2D eigenvalue weighted by Gasteiger charge is -2.12. The summed E-state index contributed by atoms with van der Waals surface area (Å²) in [6, 6.07) is 5.44. The van der Waals surface area contributed by atoms with Crippen molar-refractivity contribution < 1.29 is 4.79 Å². The smallest absolute Gasteiger partial charge is 0.252 e. The molecule has 82 valence electrons. The first-order valence-corrected chi connectivity index (χ1v) is 5.70. The highest BCUT2D eigenvalue weighted by molar-refractivity contribution is 9.10. The number of benzene rings is 1. The van der Waals surface area contributed by atoms with Crippen molar-refractivity contribution in [2.75, 3.05) is 5.73 Å². The van der Waals surface area contributed by atoms with Crippen LogP contribution in [0.15, 0.2) is 22.7 Å². The lowest BCUT2D eigenvalue weighted by Crippen LogP contribution is -2.32. The van der Waals surface area contributed by atoms with Gasteiger partial charge in [-0.15, -0.1) is 0 Å². The van der Waals surface area contributed by atoms with Crippen LogP contribution in [0.25, 0.3) is 0 Å². The van der Waals surface area contributed by atoms with Crippen molar-refractivity contribution in [1.29, 1.82) is 0 Å². The molecule has 0 aliphatic rings. The summed E-state index contributed by atoms with van der Waals surface area (Å²) >= 11 is 3.31. The van der Waals surface area contributed by atoms with E-state index in [0.717, 1.165) is 6.42 Å². The molecule has 0 aliphatic carbocycles. The molecule has 1 aromatic rings. The Kier molecular flexibility index (Phi) is 4.15. The minimum atomic E-state index is -0.0940. The zero-order chi connectivity index (χ0) is 11.4. The molecule has 1 aromatic carbocycles. The van der Waals surface area contributed by atoms with E-state index in [-0.39, 0.29) is 11.9 Å². The van der Waals surface area contributed by atoms with E-state index in [1.807, 2.05) is 13.8 Å². The fourth-order valence-electron chi connectivity index (χ4n) is 1.13. The van der Waals surface area contributed by atoms with E-state index < -0.39 is 0 Å². The largest absolute Gasteiger partial charge is 0.398 e. The molecule has 1 unspecified atom stereocenters. The van der Waals surface area contributed by atoms with Gasteiger partial charge in [0, 0.05) is 11.7 Å². The molecule has 15 heavy (non-hydrogen) atoms.